The molecule has 1 saturated carbocycles. The summed E-state index contributed by atoms with van der Waals surface area (Å²) < 4.78 is 7.85. The van der Waals surface area contributed by atoms with Crippen LogP contribution in [-0.4, -0.2) is 58.3 Å². The van der Waals surface area contributed by atoms with Crippen LogP contribution in [0.15, 0.2) is 0 Å². The van der Waals surface area contributed by atoms with Crippen molar-refractivity contribution in [3.8, 4) is 0 Å². The highest BCUT2D eigenvalue weighted by molar-refractivity contribution is 5.76. The molecule has 1 aromatic rings. The summed E-state index contributed by atoms with van der Waals surface area (Å²) in [5, 5.41) is 4.87. The Hall–Kier alpha value is -1.40. The maximum absolute atomic E-state index is 12.7. The first-order valence-corrected chi connectivity index (χ1v) is 10.9. The Morgan fingerprint density at radius 1 is 1.15 bits per heavy atom. The fourth-order valence-corrected chi connectivity index (χ4v) is 4.95. The summed E-state index contributed by atoms with van der Waals surface area (Å²) in [5.74, 6) is 1.02. The largest absolute Gasteiger partial charge is 0.376 e. The van der Waals surface area contributed by atoms with Gasteiger partial charge in [0.05, 0.1) is 18.9 Å². The number of amides is 1. The van der Waals surface area contributed by atoms with Gasteiger partial charge in [0.2, 0.25) is 5.91 Å². The SMILES string of the molecule is CCn1nc(CN2CCCN(C(=O)CC3CCCC3)CC2)c2c1CCOC2. The lowest BCUT2D eigenvalue weighted by atomic mass is 10.0. The zero-order valence-electron chi connectivity index (χ0n) is 16.8. The van der Waals surface area contributed by atoms with Crippen LogP contribution in [0.1, 0.15) is 62.4 Å². The number of aromatic nitrogens is 2. The number of nitrogens with zero attached hydrogens (tertiary/aromatic N) is 4. The molecule has 2 aliphatic heterocycles. The van der Waals surface area contributed by atoms with Crippen LogP contribution in [0.25, 0.3) is 0 Å². The third-order valence-electron chi connectivity index (χ3n) is 6.53. The standard InChI is InChI=1S/C21H34N4O2/c1-2-25-20-8-13-27-16-18(20)19(22-25)15-23-9-5-10-24(12-11-23)21(26)14-17-6-3-4-7-17/h17H,2-16H2,1H3. The lowest BCUT2D eigenvalue weighted by Crippen LogP contribution is -2.35. The Morgan fingerprint density at radius 3 is 2.81 bits per heavy atom. The number of hydrogen-bond donors (Lipinski definition) is 0. The van der Waals surface area contributed by atoms with E-state index in [4.69, 9.17) is 9.84 Å². The van der Waals surface area contributed by atoms with Gasteiger partial charge in [-0.1, -0.05) is 12.8 Å². The molecule has 1 aliphatic carbocycles. The minimum absolute atomic E-state index is 0.379. The summed E-state index contributed by atoms with van der Waals surface area (Å²) in [7, 11) is 0. The van der Waals surface area contributed by atoms with Crippen molar-refractivity contribution in [3.63, 3.8) is 0 Å². The van der Waals surface area contributed by atoms with Gasteiger partial charge >= 0.3 is 0 Å². The summed E-state index contributed by atoms with van der Waals surface area (Å²) in [6, 6.07) is 0. The molecule has 6 heteroatoms. The summed E-state index contributed by atoms with van der Waals surface area (Å²) in [4.78, 5) is 17.3. The minimum Gasteiger partial charge on any atom is -0.376 e. The Bertz CT molecular complexity index is 651. The summed E-state index contributed by atoms with van der Waals surface area (Å²) in [5.41, 5.74) is 3.85. The zero-order valence-corrected chi connectivity index (χ0v) is 16.8. The van der Waals surface area contributed by atoms with Crippen LogP contribution >= 0.6 is 0 Å². The molecular weight excluding hydrogens is 340 g/mol. The maximum Gasteiger partial charge on any atom is 0.222 e. The average Bonchev–Trinajstić information content (AvgIpc) is 3.24. The molecule has 4 rings (SSSR count). The highest BCUT2D eigenvalue weighted by Gasteiger charge is 2.26. The molecule has 0 aromatic carbocycles. The van der Waals surface area contributed by atoms with E-state index in [-0.39, 0.29) is 0 Å². The quantitative estimate of drug-likeness (QED) is 0.795. The monoisotopic (exact) mass is 374 g/mol. The van der Waals surface area contributed by atoms with Crippen LogP contribution in [-0.2, 0) is 35.6 Å². The predicted molar refractivity (Wildman–Crippen MR) is 104 cm³/mol. The van der Waals surface area contributed by atoms with Gasteiger partial charge in [-0.05, 0) is 32.1 Å². The first-order chi connectivity index (χ1) is 13.2. The molecule has 1 saturated heterocycles. The van der Waals surface area contributed by atoms with Crippen molar-refractivity contribution in [1.82, 2.24) is 19.6 Å². The molecule has 3 aliphatic rings. The number of fused-ring (bicyclic) bond motifs is 1. The van der Waals surface area contributed by atoms with Crippen molar-refractivity contribution in [2.24, 2.45) is 5.92 Å². The summed E-state index contributed by atoms with van der Waals surface area (Å²) >= 11 is 0. The number of hydrogen-bond acceptors (Lipinski definition) is 4. The van der Waals surface area contributed by atoms with Gasteiger partial charge in [0.15, 0.2) is 0 Å². The molecule has 27 heavy (non-hydrogen) atoms. The fourth-order valence-electron chi connectivity index (χ4n) is 4.95. The van der Waals surface area contributed by atoms with Gasteiger partial charge in [0, 0.05) is 63.4 Å². The number of carbonyl (C=O) groups excluding carboxylic acids is 1. The third-order valence-corrected chi connectivity index (χ3v) is 6.53. The Morgan fingerprint density at radius 2 is 2.00 bits per heavy atom. The summed E-state index contributed by atoms with van der Waals surface area (Å²) in [6.07, 6.45) is 7.92. The second kappa shape index (κ2) is 8.74. The fraction of sp³-hybridized carbons (Fsp3) is 0.810. The maximum atomic E-state index is 12.7. The molecule has 6 nitrogen and oxygen atoms in total. The van der Waals surface area contributed by atoms with Gasteiger partial charge < -0.3 is 9.64 Å². The summed E-state index contributed by atoms with van der Waals surface area (Å²) in [6.45, 7) is 9.23. The molecule has 2 fully saturated rings. The van der Waals surface area contributed by atoms with Gasteiger partial charge in [-0.15, -0.1) is 0 Å². The highest BCUT2D eigenvalue weighted by atomic mass is 16.5. The first-order valence-electron chi connectivity index (χ1n) is 10.9. The molecule has 150 valence electrons. The van der Waals surface area contributed by atoms with E-state index in [0.29, 0.717) is 18.4 Å². The van der Waals surface area contributed by atoms with Crippen molar-refractivity contribution in [3.05, 3.63) is 17.0 Å². The van der Waals surface area contributed by atoms with Crippen LogP contribution in [0.3, 0.4) is 0 Å². The van der Waals surface area contributed by atoms with Gasteiger partial charge in [0.25, 0.3) is 0 Å². The van der Waals surface area contributed by atoms with E-state index in [0.717, 1.165) is 65.1 Å². The molecule has 1 amide bonds. The second-order valence-corrected chi connectivity index (χ2v) is 8.36. The Labute approximate surface area is 162 Å². The van der Waals surface area contributed by atoms with E-state index >= 15 is 0 Å². The lowest BCUT2D eigenvalue weighted by molar-refractivity contribution is -0.132. The normalized spacial score (nSPS) is 22.0. The number of aryl methyl sites for hydroxylation is 1. The average molecular weight is 375 g/mol. The molecule has 0 N–H and O–H groups in total. The van der Waals surface area contributed by atoms with E-state index in [1.165, 1.54) is 42.6 Å². The highest BCUT2D eigenvalue weighted by Crippen LogP contribution is 2.28. The van der Waals surface area contributed by atoms with Crippen molar-refractivity contribution in [2.45, 2.75) is 71.6 Å². The van der Waals surface area contributed by atoms with Crippen molar-refractivity contribution in [2.75, 3.05) is 32.8 Å². The van der Waals surface area contributed by atoms with Crippen LogP contribution in [0.5, 0.6) is 0 Å². The van der Waals surface area contributed by atoms with Crippen molar-refractivity contribution in [1.29, 1.82) is 0 Å². The van der Waals surface area contributed by atoms with Gasteiger partial charge in [0.1, 0.15) is 0 Å². The Balaban J connectivity index is 1.35. The van der Waals surface area contributed by atoms with Crippen molar-refractivity contribution >= 4 is 5.91 Å². The number of carbonyl (C=O) groups is 1. The van der Waals surface area contributed by atoms with Crippen LogP contribution in [0.2, 0.25) is 0 Å². The lowest BCUT2D eigenvalue weighted by Gasteiger charge is -2.23. The predicted octanol–water partition coefficient (Wildman–Crippen LogP) is 2.59. The molecule has 0 atom stereocenters. The van der Waals surface area contributed by atoms with E-state index in [1.807, 2.05) is 0 Å². The minimum atomic E-state index is 0.379. The Kier molecular flexibility index (Phi) is 6.13. The molecule has 0 unspecified atom stereocenters. The molecule has 0 spiro atoms. The molecule has 3 heterocycles. The number of ether oxygens (including phenoxy) is 1. The smallest absolute Gasteiger partial charge is 0.222 e. The van der Waals surface area contributed by atoms with Crippen LogP contribution in [0.4, 0.5) is 0 Å². The van der Waals surface area contributed by atoms with Gasteiger partial charge in [-0.25, -0.2) is 0 Å². The van der Waals surface area contributed by atoms with Gasteiger partial charge in [-0.3, -0.25) is 14.4 Å². The van der Waals surface area contributed by atoms with Crippen molar-refractivity contribution < 1.29 is 9.53 Å². The zero-order chi connectivity index (χ0) is 18.6. The first kappa shape index (κ1) is 18.9. The van der Waals surface area contributed by atoms with Gasteiger partial charge in [-0.2, -0.15) is 5.10 Å². The molecular formula is C21H34N4O2. The van der Waals surface area contributed by atoms with E-state index in [2.05, 4.69) is 21.4 Å². The second-order valence-electron chi connectivity index (χ2n) is 8.36. The van der Waals surface area contributed by atoms with E-state index < -0.39 is 0 Å². The third kappa shape index (κ3) is 4.37. The van der Waals surface area contributed by atoms with E-state index in [1.54, 1.807) is 0 Å². The topological polar surface area (TPSA) is 50.6 Å². The van der Waals surface area contributed by atoms with Crippen LogP contribution in [0, 0.1) is 5.92 Å². The molecule has 1 aromatic heterocycles. The van der Waals surface area contributed by atoms with E-state index in [9.17, 15) is 4.79 Å². The van der Waals surface area contributed by atoms with Crippen LogP contribution < -0.4 is 0 Å². The number of rotatable bonds is 5. The molecule has 0 radical (unpaired) electrons. The molecule has 0 bridgehead atoms.